The predicted octanol–water partition coefficient (Wildman–Crippen LogP) is 0.689. The van der Waals surface area contributed by atoms with E-state index in [-0.39, 0.29) is 36.6 Å². The van der Waals surface area contributed by atoms with Gasteiger partial charge in [-0.1, -0.05) is 26.0 Å². The number of aromatic nitrogens is 3. The zero-order chi connectivity index (χ0) is 23.9. The first-order valence-electron chi connectivity index (χ1n) is 12.0. The summed E-state index contributed by atoms with van der Waals surface area (Å²) in [6.07, 6.45) is 4.73. The number of nitrogens with one attached hydrogen (secondary N) is 1. The molecule has 1 aromatic rings. The number of carbonyl (C=O) groups is 3. The van der Waals surface area contributed by atoms with Gasteiger partial charge in [0, 0.05) is 51.6 Å². The monoisotopic (exact) mass is 460 g/mol. The van der Waals surface area contributed by atoms with Gasteiger partial charge in [-0.15, -0.1) is 5.10 Å². The van der Waals surface area contributed by atoms with E-state index in [0.717, 1.165) is 18.5 Å². The molecule has 1 aromatic heterocycles. The number of rotatable bonds is 7. The maximum absolute atomic E-state index is 13.7. The van der Waals surface area contributed by atoms with Crippen LogP contribution in [-0.4, -0.2) is 86.4 Å². The Labute approximate surface area is 194 Å². The van der Waals surface area contributed by atoms with E-state index in [1.54, 1.807) is 16.6 Å². The van der Waals surface area contributed by atoms with E-state index in [9.17, 15) is 19.5 Å². The molecular weight excluding hydrogens is 424 g/mol. The molecule has 10 heteroatoms. The van der Waals surface area contributed by atoms with Gasteiger partial charge < -0.3 is 20.2 Å². The second-order valence-electron chi connectivity index (χ2n) is 11.0. The third-order valence-corrected chi connectivity index (χ3v) is 6.98. The van der Waals surface area contributed by atoms with Crippen molar-refractivity contribution in [3.63, 3.8) is 0 Å². The summed E-state index contributed by atoms with van der Waals surface area (Å²) >= 11 is 0. The zero-order valence-corrected chi connectivity index (χ0v) is 20.0. The quantitative estimate of drug-likeness (QED) is 0.618. The topological polar surface area (TPSA) is 121 Å². The van der Waals surface area contributed by atoms with Gasteiger partial charge in [-0.2, -0.15) is 0 Å². The van der Waals surface area contributed by atoms with Crippen LogP contribution in [0.1, 0.15) is 70.5 Å². The highest BCUT2D eigenvalue weighted by Crippen LogP contribution is 2.40. The van der Waals surface area contributed by atoms with E-state index in [2.05, 4.69) is 15.6 Å². The van der Waals surface area contributed by atoms with Gasteiger partial charge in [0.05, 0.1) is 11.8 Å². The van der Waals surface area contributed by atoms with Crippen LogP contribution < -0.4 is 5.32 Å². The molecule has 3 amide bonds. The molecule has 0 radical (unpaired) electrons. The summed E-state index contributed by atoms with van der Waals surface area (Å²) < 4.78 is 1.63. The van der Waals surface area contributed by atoms with E-state index in [4.69, 9.17) is 0 Å². The number of aliphatic hydroxyl groups is 1. The highest BCUT2D eigenvalue weighted by atomic mass is 16.3. The average molecular weight is 461 g/mol. The fourth-order valence-electron chi connectivity index (χ4n) is 4.99. The summed E-state index contributed by atoms with van der Waals surface area (Å²) in [6.45, 7) is 7.17. The molecule has 0 spiro atoms. The minimum atomic E-state index is -0.746. The number of β-amino-alcohol motifs (C(OH)–C–C–N with tert-alkyl or cyclic N) is 1. The van der Waals surface area contributed by atoms with Crippen molar-refractivity contribution in [3.8, 4) is 0 Å². The average Bonchev–Trinajstić information content (AvgIpc) is 3.19. The number of amides is 3. The van der Waals surface area contributed by atoms with Crippen molar-refractivity contribution in [2.45, 2.75) is 77.0 Å². The molecule has 1 unspecified atom stereocenters. The molecule has 3 aliphatic rings. The van der Waals surface area contributed by atoms with Gasteiger partial charge in [0.25, 0.3) is 0 Å². The molecule has 0 aromatic carbocycles. The number of likely N-dealkylation sites (tertiary alicyclic amines) is 2. The van der Waals surface area contributed by atoms with Gasteiger partial charge >= 0.3 is 0 Å². The molecule has 3 fully saturated rings. The van der Waals surface area contributed by atoms with Crippen molar-refractivity contribution in [3.05, 3.63) is 11.9 Å². The molecule has 3 heterocycles. The van der Waals surface area contributed by atoms with Crippen LogP contribution in [-0.2, 0) is 14.4 Å². The van der Waals surface area contributed by atoms with Crippen LogP contribution in [0.15, 0.2) is 6.20 Å². The molecule has 2 N–H and O–H groups in total. The van der Waals surface area contributed by atoms with E-state index in [1.807, 2.05) is 27.0 Å². The smallest absolute Gasteiger partial charge is 0.248 e. The Morgan fingerprint density at radius 2 is 2.00 bits per heavy atom. The molecule has 33 heavy (non-hydrogen) atoms. The van der Waals surface area contributed by atoms with Gasteiger partial charge in [0.15, 0.2) is 0 Å². The van der Waals surface area contributed by atoms with Crippen LogP contribution in [0.3, 0.4) is 0 Å². The van der Waals surface area contributed by atoms with E-state index < -0.39 is 23.6 Å². The van der Waals surface area contributed by atoms with E-state index in [0.29, 0.717) is 31.8 Å². The summed E-state index contributed by atoms with van der Waals surface area (Å²) in [4.78, 5) is 41.6. The molecule has 1 saturated carbocycles. The predicted molar refractivity (Wildman–Crippen MR) is 120 cm³/mol. The number of nitrogens with zero attached hydrogens (tertiary/aromatic N) is 5. The van der Waals surface area contributed by atoms with Crippen LogP contribution in [0.4, 0.5) is 0 Å². The van der Waals surface area contributed by atoms with Gasteiger partial charge in [0.1, 0.15) is 12.1 Å². The van der Waals surface area contributed by atoms with E-state index >= 15 is 0 Å². The molecule has 2 aliphatic heterocycles. The lowest BCUT2D eigenvalue weighted by Gasteiger charge is -2.34. The van der Waals surface area contributed by atoms with Crippen molar-refractivity contribution in [2.75, 3.05) is 26.7 Å². The SMILES string of the molecule is CN1CC(CCNC(=O)[C@@H]2C[C@@H](O)CN2C(=O)[C@@H](n2cc(C3CC3)nn2)C(C)(C)C)CC1=O. The van der Waals surface area contributed by atoms with Crippen molar-refractivity contribution >= 4 is 17.7 Å². The fourth-order valence-corrected chi connectivity index (χ4v) is 4.99. The van der Waals surface area contributed by atoms with Gasteiger partial charge in [-0.3, -0.25) is 14.4 Å². The normalized spacial score (nSPS) is 26.7. The number of hydrogen-bond acceptors (Lipinski definition) is 6. The summed E-state index contributed by atoms with van der Waals surface area (Å²) in [5.41, 5.74) is 0.449. The van der Waals surface area contributed by atoms with Crippen LogP contribution in [0.25, 0.3) is 0 Å². The maximum atomic E-state index is 13.7. The molecule has 0 bridgehead atoms. The molecule has 182 valence electrons. The summed E-state index contributed by atoms with van der Waals surface area (Å²) in [6, 6.07) is -1.35. The Morgan fingerprint density at radius 1 is 1.27 bits per heavy atom. The van der Waals surface area contributed by atoms with Gasteiger partial charge in [0.2, 0.25) is 17.7 Å². The summed E-state index contributed by atoms with van der Waals surface area (Å²) in [7, 11) is 1.79. The van der Waals surface area contributed by atoms with Gasteiger partial charge in [-0.05, 0) is 30.6 Å². The first-order valence-corrected chi connectivity index (χ1v) is 12.0. The summed E-state index contributed by atoms with van der Waals surface area (Å²) in [5, 5.41) is 21.8. The minimum Gasteiger partial charge on any atom is -0.391 e. The molecule has 2 saturated heterocycles. The lowest BCUT2D eigenvalue weighted by molar-refractivity contribution is -0.144. The second kappa shape index (κ2) is 9.04. The van der Waals surface area contributed by atoms with Crippen molar-refractivity contribution in [2.24, 2.45) is 11.3 Å². The molecule has 10 nitrogen and oxygen atoms in total. The summed E-state index contributed by atoms with van der Waals surface area (Å²) in [5.74, 6) is 0.301. The third-order valence-electron chi connectivity index (χ3n) is 6.98. The standard InChI is InChI=1S/C23H36N6O4/c1-23(2,3)20(29-13-17(25-26-29)15-5-6-15)22(33)28-12-16(30)10-18(28)21(32)24-8-7-14-9-19(31)27(4)11-14/h13-16,18,20,30H,5-12H2,1-4H3,(H,24,32)/t14?,16-,18+,20-/m1/s1. The first kappa shape index (κ1) is 23.7. The lowest BCUT2D eigenvalue weighted by atomic mass is 9.85. The number of carbonyl (C=O) groups excluding carboxylic acids is 3. The van der Waals surface area contributed by atoms with Gasteiger partial charge in [-0.25, -0.2) is 4.68 Å². The Bertz CT molecular complexity index is 905. The van der Waals surface area contributed by atoms with Crippen LogP contribution >= 0.6 is 0 Å². The Kier molecular flexibility index (Phi) is 6.48. The Balaban J connectivity index is 1.42. The Hall–Kier alpha value is -2.49. The molecule has 4 atom stereocenters. The third kappa shape index (κ3) is 5.20. The highest BCUT2D eigenvalue weighted by Gasteiger charge is 2.45. The molecule has 1 aliphatic carbocycles. The van der Waals surface area contributed by atoms with Crippen LogP contribution in [0, 0.1) is 11.3 Å². The lowest BCUT2D eigenvalue weighted by Crippen LogP contribution is -2.50. The largest absolute Gasteiger partial charge is 0.391 e. The fraction of sp³-hybridized carbons (Fsp3) is 0.783. The number of hydrogen-bond donors (Lipinski definition) is 2. The molecule has 4 rings (SSSR count). The van der Waals surface area contributed by atoms with Crippen LogP contribution in [0.5, 0.6) is 0 Å². The second-order valence-corrected chi connectivity index (χ2v) is 11.0. The molecular formula is C23H36N6O4. The minimum absolute atomic E-state index is 0.121. The zero-order valence-electron chi connectivity index (χ0n) is 20.0. The highest BCUT2D eigenvalue weighted by molar-refractivity contribution is 5.90. The van der Waals surface area contributed by atoms with Crippen LogP contribution in [0.2, 0.25) is 0 Å². The Morgan fingerprint density at radius 3 is 2.61 bits per heavy atom. The number of aliphatic hydroxyl groups excluding tert-OH is 1. The van der Waals surface area contributed by atoms with E-state index in [1.165, 1.54) is 4.90 Å². The maximum Gasteiger partial charge on any atom is 0.248 e. The first-order chi connectivity index (χ1) is 15.5. The van der Waals surface area contributed by atoms with Crippen molar-refractivity contribution in [1.82, 2.24) is 30.1 Å². The van der Waals surface area contributed by atoms with Crippen molar-refractivity contribution in [1.29, 1.82) is 0 Å². The van der Waals surface area contributed by atoms with Crippen molar-refractivity contribution < 1.29 is 19.5 Å².